The molecule has 5 N–H and O–H groups in total. The van der Waals surface area contributed by atoms with E-state index >= 15 is 0 Å². The highest BCUT2D eigenvalue weighted by atomic mass is 16.2. The zero-order chi connectivity index (χ0) is 14.5. The van der Waals surface area contributed by atoms with Gasteiger partial charge in [-0.15, -0.1) is 0 Å². The van der Waals surface area contributed by atoms with Gasteiger partial charge in [-0.25, -0.2) is 4.79 Å². The van der Waals surface area contributed by atoms with Crippen LogP contribution in [0.25, 0.3) is 0 Å². The number of piperidine rings is 1. The van der Waals surface area contributed by atoms with Crippen molar-refractivity contribution >= 4 is 17.6 Å². The molecule has 2 atom stereocenters. The molecule has 1 aromatic rings. The third-order valence-corrected chi connectivity index (χ3v) is 3.43. The molecule has 0 radical (unpaired) electrons. The topological polar surface area (TPSA) is 96.2 Å². The highest BCUT2D eigenvalue weighted by Crippen LogP contribution is 2.17. The molecule has 6 heteroatoms. The van der Waals surface area contributed by atoms with Gasteiger partial charge in [-0.2, -0.15) is 0 Å². The van der Waals surface area contributed by atoms with Crippen LogP contribution in [0.4, 0.5) is 10.5 Å². The zero-order valence-corrected chi connectivity index (χ0v) is 11.5. The molecule has 1 aliphatic rings. The predicted molar refractivity (Wildman–Crippen MR) is 77.2 cm³/mol. The Morgan fingerprint density at radius 2 is 2.10 bits per heavy atom. The van der Waals surface area contributed by atoms with Crippen molar-refractivity contribution < 1.29 is 9.59 Å². The number of amides is 3. The van der Waals surface area contributed by atoms with Crippen LogP contribution in [0.1, 0.15) is 31.4 Å². The highest BCUT2D eigenvalue weighted by molar-refractivity contribution is 5.87. The van der Waals surface area contributed by atoms with Crippen molar-refractivity contribution in [3.05, 3.63) is 29.8 Å². The number of nitrogens with one attached hydrogen (secondary N) is 3. The molecule has 3 amide bonds. The maximum Gasteiger partial charge on any atom is 0.316 e. The van der Waals surface area contributed by atoms with Crippen LogP contribution in [0.3, 0.4) is 0 Å². The molecule has 6 nitrogen and oxygen atoms in total. The van der Waals surface area contributed by atoms with Crippen molar-refractivity contribution in [2.45, 2.75) is 31.8 Å². The molecule has 0 saturated carbocycles. The molecular formula is C14H20N4O2. The first-order valence-electron chi connectivity index (χ1n) is 6.74. The lowest BCUT2D eigenvalue weighted by atomic mass is 10.0. The number of anilines is 1. The Bertz CT molecular complexity index is 476. The highest BCUT2D eigenvalue weighted by Gasteiger charge is 2.19. The van der Waals surface area contributed by atoms with Crippen molar-refractivity contribution in [3.8, 4) is 0 Å². The number of nitrogens with two attached hydrogens (primary N) is 1. The molecule has 1 fully saturated rings. The first-order valence-corrected chi connectivity index (χ1v) is 6.74. The van der Waals surface area contributed by atoms with E-state index in [1.54, 1.807) is 0 Å². The lowest BCUT2D eigenvalue weighted by molar-refractivity contribution is -0.122. The summed E-state index contributed by atoms with van der Waals surface area (Å²) in [5, 5.41) is 8.87. The van der Waals surface area contributed by atoms with E-state index in [0.29, 0.717) is 24.7 Å². The van der Waals surface area contributed by atoms with Crippen LogP contribution in [0.15, 0.2) is 24.3 Å². The molecule has 2 unspecified atom stereocenters. The van der Waals surface area contributed by atoms with E-state index in [1.165, 1.54) is 0 Å². The molecule has 1 heterocycles. The average Bonchev–Trinajstić information content (AvgIpc) is 2.41. The monoisotopic (exact) mass is 276 g/mol. The van der Waals surface area contributed by atoms with E-state index in [2.05, 4.69) is 22.9 Å². The van der Waals surface area contributed by atoms with E-state index in [1.807, 2.05) is 24.3 Å². The number of primary amides is 1. The summed E-state index contributed by atoms with van der Waals surface area (Å²) in [5.41, 5.74) is 6.86. The smallest absolute Gasteiger partial charge is 0.316 e. The van der Waals surface area contributed by atoms with Gasteiger partial charge in [0.25, 0.3) is 0 Å². The normalized spacial score (nSPS) is 20.1. The van der Waals surface area contributed by atoms with E-state index in [0.717, 1.165) is 12.0 Å². The Hall–Kier alpha value is -2.08. The van der Waals surface area contributed by atoms with Gasteiger partial charge in [0, 0.05) is 30.7 Å². The summed E-state index contributed by atoms with van der Waals surface area (Å²) in [6.45, 7) is 2.75. The molecule has 1 aromatic carbocycles. The standard InChI is InChI=1S/C14H20N4O2/c1-9(17-12-6-7-13(19)16-8-12)10-2-4-11(5-3-10)18-14(15)20/h2-5,9,12,17H,6-8H2,1H3,(H,16,19)(H3,15,18,20). The lowest BCUT2D eigenvalue weighted by Gasteiger charge is -2.27. The second-order valence-electron chi connectivity index (χ2n) is 5.04. The van der Waals surface area contributed by atoms with Crippen molar-refractivity contribution in [1.82, 2.24) is 10.6 Å². The van der Waals surface area contributed by atoms with Crippen LogP contribution in [0, 0.1) is 0 Å². The lowest BCUT2D eigenvalue weighted by Crippen LogP contribution is -2.46. The molecule has 1 saturated heterocycles. The van der Waals surface area contributed by atoms with Crippen LogP contribution < -0.4 is 21.7 Å². The first kappa shape index (κ1) is 14.3. The van der Waals surface area contributed by atoms with Gasteiger partial charge >= 0.3 is 6.03 Å². The Labute approximate surface area is 118 Å². The van der Waals surface area contributed by atoms with Gasteiger partial charge in [-0.1, -0.05) is 12.1 Å². The van der Waals surface area contributed by atoms with Gasteiger partial charge in [0.05, 0.1) is 0 Å². The first-order chi connectivity index (χ1) is 9.54. The number of urea groups is 1. The number of rotatable bonds is 4. The van der Waals surface area contributed by atoms with Gasteiger partial charge in [0.2, 0.25) is 5.91 Å². The molecule has 0 aromatic heterocycles. The maximum absolute atomic E-state index is 11.1. The van der Waals surface area contributed by atoms with E-state index < -0.39 is 6.03 Å². The second-order valence-corrected chi connectivity index (χ2v) is 5.04. The fraction of sp³-hybridized carbons (Fsp3) is 0.429. The third-order valence-electron chi connectivity index (χ3n) is 3.43. The van der Waals surface area contributed by atoms with Crippen LogP contribution in [0.2, 0.25) is 0 Å². The van der Waals surface area contributed by atoms with Gasteiger partial charge in [0.15, 0.2) is 0 Å². The van der Waals surface area contributed by atoms with Crippen LogP contribution in [0.5, 0.6) is 0 Å². The predicted octanol–water partition coefficient (Wildman–Crippen LogP) is 1.11. The fourth-order valence-corrected chi connectivity index (χ4v) is 2.32. The summed E-state index contributed by atoms with van der Waals surface area (Å²) in [6, 6.07) is 7.45. The van der Waals surface area contributed by atoms with Crippen molar-refractivity contribution in [2.24, 2.45) is 5.73 Å². The summed E-state index contributed by atoms with van der Waals surface area (Å²) in [6.07, 6.45) is 1.43. The SMILES string of the molecule is CC(NC1CCC(=O)NC1)c1ccc(NC(N)=O)cc1. The molecule has 20 heavy (non-hydrogen) atoms. The van der Waals surface area contributed by atoms with Crippen molar-refractivity contribution in [3.63, 3.8) is 0 Å². The quantitative estimate of drug-likeness (QED) is 0.663. The fourth-order valence-electron chi connectivity index (χ4n) is 2.32. The Balaban J connectivity index is 1.90. The van der Waals surface area contributed by atoms with Gasteiger partial charge in [0.1, 0.15) is 0 Å². The number of hydrogen-bond donors (Lipinski definition) is 4. The minimum absolute atomic E-state index is 0.123. The van der Waals surface area contributed by atoms with Crippen LogP contribution in [-0.4, -0.2) is 24.5 Å². The minimum atomic E-state index is -0.568. The molecule has 0 aliphatic carbocycles. The third kappa shape index (κ3) is 3.96. The van der Waals surface area contributed by atoms with Crippen molar-refractivity contribution in [1.29, 1.82) is 0 Å². The second kappa shape index (κ2) is 6.38. The molecule has 1 aliphatic heterocycles. The summed E-state index contributed by atoms with van der Waals surface area (Å²) in [5.74, 6) is 0.123. The molecule has 108 valence electrons. The van der Waals surface area contributed by atoms with Crippen LogP contribution in [-0.2, 0) is 4.79 Å². The molecular weight excluding hydrogens is 256 g/mol. The molecule has 0 spiro atoms. The van der Waals surface area contributed by atoms with Crippen molar-refractivity contribution in [2.75, 3.05) is 11.9 Å². The summed E-state index contributed by atoms with van der Waals surface area (Å²) in [4.78, 5) is 21.8. The Morgan fingerprint density at radius 1 is 1.40 bits per heavy atom. The number of hydrogen-bond acceptors (Lipinski definition) is 3. The Morgan fingerprint density at radius 3 is 2.65 bits per heavy atom. The molecule has 2 rings (SSSR count). The largest absolute Gasteiger partial charge is 0.355 e. The van der Waals surface area contributed by atoms with E-state index in [-0.39, 0.29) is 11.9 Å². The van der Waals surface area contributed by atoms with Gasteiger partial charge in [-0.3, -0.25) is 4.79 Å². The van der Waals surface area contributed by atoms with Gasteiger partial charge in [-0.05, 0) is 31.0 Å². The zero-order valence-electron chi connectivity index (χ0n) is 11.5. The summed E-state index contributed by atoms with van der Waals surface area (Å²) < 4.78 is 0. The summed E-state index contributed by atoms with van der Waals surface area (Å²) >= 11 is 0. The number of carbonyl (C=O) groups is 2. The van der Waals surface area contributed by atoms with E-state index in [9.17, 15) is 9.59 Å². The minimum Gasteiger partial charge on any atom is -0.355 e. The number of benzene rings is 1. The maximum atomic E-state index is 11.1. The van der Waals surface area contributed by atoms with Gasteiger partial charge < -0.3 is 21.7 Å². The summed E-state index contributed by atoms with van der Waals surface area (Å²) in [7, 11) is 0. The average molecular weight is 276 g/mol. The van der Waals surface area contributed by atoms with E-state index in [4.69, 9.17) is 5.73 Å². The Kier molecular flexibility index (Phi) is 4.57. The number of carbonyl (C=O) groups excluding carboxylic acids is 2. The molecule has 0 bridgehead atoms. The van der Waals surface area contributed by atoms with Crippen LogP contribution >= 0.6 is 0 Å².